The molecule has 4 N–H and O–H groups in total. The number of aromatic nitrogens is 2. The summed E-state index contributed by atoms with van der Waals surface area (Å²) in [7, 11) is 0. The number of amides is 1. The van der Waals surface area contributed by atoms with Gasteiger partial charge >= 0.3 is 0 Å². The lowest BCUT2D eigenvalue weighted by Gasteiger charge is -2.00. The van der Waals surface area contributed by atoms with Crippen LogP contribution in [0.5, 0.6) is 0 Å². The topological polar surface area (TPSA) is 83.8 Å². The third-order valence-electron chi connectivity index (χ3n) is 1.43. The largest absolute Gasteiger partial charge is 0.396 e. The number of hydrogen-bond acceptors (Lipinski definition) is 3. The first-order valence-corrected chi connectivity index (χ1v) is 3.82. The highest BCUT2D eigenvalue weighted by Gasteiger charge is 2.09. The number of aromatic amines is 1. The Labute approximate surface area is 70.3 Å². The van der Waals surface area contributed by atoms with Crippen molar-refractivity contribution in [3.63, 3.8) is 0 Å². The van der Waals surface area contributed by atoms with E-state index in [-0.39, 0.29) is 5.91 Å². The maximum absolute atomic E-state index is 11.2. The molecule has 0 aliphatic rings. The van der Waals surface area contributed by atoms with Crippen molar-refractivity contribution in [3.8, 4) is 0 Å². The number of anilines is 1. The normalized spacial score (nSPS) is 9.75. The summed E-state index contributed by atoms with van der Waals surface area (Å²) in [5, 5.41) is 8.85. The molecule has 1 heterocycles. The molecule has 0 bridgehead atoms. The SMILES string of the molecule is CCCNC(=O)c1[nH]ncc1N. The van der Waals surface area contributed by atoms with Crippen LogP contribution in [0, 0.1) is 0 Å². The highest BCUT2D eigenvalue weighted by molar-refractivity contribution is 5.96. The Morgan fingerprint density at radius 2 is 2.58 bits per heavy atom. The van der Waals surface area contributed by atoms with E-state index in [1.54, 1.807) is 0 Å². The van der Waals surface area contributed by atoms with E-state index in [0.29, 0.717) is 17.9 Å². The van der Waals surface area contributed by atoms with Gasteiger partial charge in [-0.1, -0.05) is 6.92 Å². The fourth-order valence-electron chi connectivity index (χ4n) is 0.804. The van der Waals surface area contributed by atoms with Crippen molar-refractivity contribution >= 4 is 11.6 Å². The molecule has 5 nitrogen and oxygen atoms in total. The molecule has 1 amide bonds. The summed E-state index contributed by atoms with van der Waals surface area (Å²) < 4.78 is 0. The molecular formula is C7H12N4O. The average molecular weight is 168 g/mol. The van der Waals surface area contributed by atoms with Gasteiger partial charge in [-0.05, 0) is 6.42 Å². The van der Waals surface area contributed by atoms with E-state index in [4.69, 9.17) is 5.73 Å². The average Bonchev–Trinajstić information content (AvgIpc) is 2.47. The number of hydrogen-bond donors (Lipinski definition) is 3. The molecule has 5 heteroatoms. The molecule has 0 aromatic carbocycles. The zero-order chi connectivity index (χ0) is 8.97. The Hall–Kier alpha value is -1.52. The van der Waals surface area contributed by atoms with Gasteiger partial charge in [-0.3, -0.25) is 9.89 Å². The van der Waals surface area contributed by atoms with Gasteiger partial charge in [-0.15, -0.1) is 0 Å². The lowest BCUT2D eigenvalue weighted by molar-refractivity contribution is 0.0949. The van der Waals surface area contributed by atoms with Gasteiger partial charge in [0, 0.05) is 6.54 Å². The van der Waals surface area contributed by atoms with E-state index in [1.165, 1.54) is 6.20 Å². The second-order valence-corrected chi connectivity index (χ2v) is 2.46. The third kappa shape index (κ3) is 1.75. The summed E-state index contributed by atoms with van der Waals surface area (Å²) >= 11 is 0. The quantitative estimate of drug-likeness (QED) is 0.599. The van der Waals surface area contributed by atoms with Crippen LogP contribution >= 0.6 is 0 Å². The van der Waals surface area contributed by atoms with E-state index in [0.717, 1.165) is 6.42 Å². The molecule has 0 spiro atoms. The van der Waals surface area contributed by atoms with Crippen LogP contribution in [0.2, 0.25) is 0 Å². The van der Waals surface area contributed by atoms with Gasteiger partial charge in [0.25, 0.3) is 5.91 Å². The molecule has 12 heavy (non-hydrogen) atoms. The van der Waals surface area contributed by atoms with Crippen molar-refractivity contribution < 1.29 is 4.79 Å². The Balaban J connectivity index is 2.59. The molecule has 66 valence electrons. The van der Waals surface area contributed by atoms with Crippen LogP contribution in [0.4, 0.5) is 5.69 Å². The second-order valence-electron chi connectivity index (χ2n) is 2.46. The maximum atomic E-state index is 11.2. The standard InChI is InChI=1S/C7H12N4O/c1-2-3-9-7(12)6-5(8)4-10-11-6/h4H,2-3,8H2,1H3,(H,9,12)(H,10,11). The Kier molecular flexibility index (Phi) is 2.68. The number of nitrogens with one attached hydrogen (secondary N) is 2. The van der Waals surface area contributed by atoms with Crippen LogP contribution in [-0.4, -0.2) is 22.6 Å². The van der Waals surface area contributed by atoms with E-state index in [9.17, 15) is 4.79 Å². The second kappa shape index (κ2) is 3.75. The van der Waals surface area contributed by atoms with Crippen LogP contribution in [0.15, 0.2) is 6.20 Å². The first-order valence-electron chi connectivity index (χ1n) is 3.82. The highest BCUT2D eigenvalue weighted by Crippen LogP contribution is 2.04. The first-order chi connectivity index (χ1) is 5.75. The summed E-state index contributed by atoms with van der Waals surface area (Å²) in [6, 6.07) is 0. The predicted octanol–water partition coefficient (Wildman–Crippen LogP) is 0.132. The van der Waals surface area contributed by atoms with Crippen molar-refractivity contribution in [3.05, 3.63) is 11.9 Å². The van der Waals surface area contributed by atoms with Crippen LogP contribution in [0.1, 0.15) is 23.8 Å². The van der Waals surface area contributed by atoms with E-state index in [1.807, 2.05) is 6.92 Å². The van der Waals surface area contributed by atoms with Gasteiger partial charge in [-0.2, -0.15) is 5.10 Å². The zero-order valence-electron chi connectivity index (χ0n) is 6.92. The summed E-state index contributed by atoms with van der Waals surface area (Å²) in [6.07, 6.45) is 2.32. The number of nitrogen functional groups attached to an aromatic ring is 1. The fourth-order valence-corrected chi connectivity index (χ4v) is 0.804. The summed E-state index contributed by atoms with van der Waals surface area (Å²) in [5.41, 5.74) is 6.17. The minimum atomic E-state index is -0.202. The minimum absolute atomic E-state index is 0.202. The van der Waals surface area contributed by atoms with Crippen molar-refractivity contribution in [1.29, 1.82) is 0 Å². The molecule has 1 rings (SSSR count). The van der Waals surface area contributed by atoms with Crippen LogP contribution in [0.3, 0.4) is 0 Å². The molecule has 0 fully saturated rings. The number of nitrogens with two attached hydrogens (primary N) is 1. The molecule has 0 aliphatic carbocycles. The van der Waals surface area contributed by atoms with Crippen molar-refractivity contribution in [2.45, 2.75) is 13.3 Å². The molecule has 0 unspecified atom stereocenters. The number of H-pyrrole nitrogens is 1. The molecule has 0 atom stereocenters. The molecule has 0 saturated heterocycles. The van der Waals surface area contributed by atoms with Crippen LogP contribution in [-0.2, 0) is 0 Å². The molecule has 0 saturated carbocycles. The summed E-state index contributed by atoms with van der Waals surface area (Å²) in [5.74, 6) is -0.202. The maximum Gasteiger partial charge on any atom is 0.271 e. The van der Waals surface area contributed by atoms with Gasteiger partial charge in [0.1, 0.15) is 5.69 Å². The van der Waals surface area contributed by atoms with Gasteiger partial charge in [0.05, 0.1) is 11.9 Å². The van der Waals surface area contributed by atoms with E-state index < -0.39 is 0 Å². The lowest BCUT2D eigenvalue weighted by Crippen LogP contribution is -2.25. The Bertz CT molecular complexity index is 268. The first kappa shape index (κ1) is 8.58. The highest BCUT2D eigenvalue weighted by atomic mass is 16.1. The van der Waals surface area contributed by atoms with Gasteiger partial charge < -0.3 is 11.1 Å². The minimum Gasteiger partial charge on any atom is -0.396 e. The summed E-state index contributed by atoms with van der Waals surface area (Å²) in [4.78, 5) is 11.2. The van der Waals surface area contributed by atoms with E-state index in [2.05, 4.69) is 15.5 Å². The fraction of sp³-hybridized carbons (Fsp3) is 0.429. The lowest BCUT2D eigenvalue weighted by atomic mass is 10.3. The zero-order valence-corrected chi connectivity index (χ0v) is 6.92. The Morgan fingerprint density at radius 1 is 1.83 bits per heavy atom. The smallest absolute Gasteiger partial charge is 0.271 e. The molecule has 1 aromatic rings. The van der Waals surface area contributed by atoms with Crippen molar-refractivity contribution in [2.75, 3.05) is 12.3 Å². The number of nitrogens with zero attached hydrogens (tertiary/aromatic N) is 1. The Morgan fingerprint density at radius 3 is 3.08 bits per heavy atom. The van der Waals surface area contributed by atoms with Gasteiger partial charge in [0.15, 0.2) is 0 Å². The van der Waals surface area contributed by atoms with Crippen LogP contribution in [0.25, 0.3) is 0 Å². The van der Waals surface area contributed by atoms with Gasteiger partial charge in [0.2, 0.25) is 0 Å². The monoisotopic (exact) mass is 168 g/mol. The molecule has 0 aliphatic heterocycles. The van der Waals surface area contributed by atoms with Crippen molar-refractivity contribution in [2.24, 2.45) is 0 Å². The van der Waals surface area contributed by atoms with Crippen molar-refractivity contribution in [1.82, 2.24) is 15.5 Å². The third-order valence-corrected chi connectivity index (χ3v) is 1.43. The summed E-state index contributed by atoms with van der Waals surface area (Å²) in [6.45, 7) is 2.63. The molecule has 1 aromatic heterocycles. The van der Waals surface area contributed by atoms with Gasteiger partial charge in [-0.25, -0.2) is 0 Å². The molecule has 0 radical (unpaired) electrons. The van der Waals surface area contributed by atoms with Crippen LogP contribution < -0.4 is 11.1 Å². The number of carbonyl (C=O) groups is 1. The number of rotatable bonds is 3. The number of carbonyl (C=O) groups excluding carboxylic acids is 1. The predicted molar refractivity (Wildman–Crippen MR) is 45.6 cm³/mol. The van der Waals surface area contributed by atoms with E-state index >= 15 is 0 Å². The molecular weight excluding hydrogens is 156 g/mol.